The zero-order chi connectivity index (χ0) is 42.1. The Bertz CT molecular complexity index is 1120. The molecule has 0 radical (unpaired) electrons. The molecule has 0 aromatic heterocycles. The summed E-state index contributed by atoms with van der Waals surface area (Å²) in [5.41, 5.74) is 0. The Morgan fingerprint density at radius 3 is 1.47 bits per heavy atom. The number of allylic oxidation sites excluding steroid dienone is 10. The van der Waals surface area contributed by atoms with Gasteiger partial charge in [-0.15, -0.1) is 0 Å². The number of hydrogen-bond acceptors (Lipinski definition) is 7. The van der Waals surface area contributed by atoms with Gasteiger partial charge in [-0.05, 0) is 70.6 Å². The maximum absolute atomic E-state index is 12.7. The Hall–Kier alpha value is -2.97. The van der Waals surface area contributed by atoms with Crippen molar-refractivity contribution in [2.45, 2.75) is 193 Å². The molecule has 57 heavy (non-hydrogen) atoms. The number of aliphatic carboxylic acids is 1. The Morgan fingerprint density at radius 2 is 0.982 bits per heavy atom. The van der Waals surface area contributed by atoms with Gasteiger partial charge >= 0.3 is 11.9 Å². The molecule has 8 nitrogen and oxygen atoms in total. The minimum Gasteiger partial charge on any atom is -0.544 e. The summed E-state index contributed by atoms with van der Waals surface area (Å²) in [5.74, 6) is -1.76. The number of carbonyl (C=O) groups is 3. The molecule has 2 atom stereocenters. The van der Waals surface area contributed by atoms with Gasteiger partial charge in [-0.2, -0.15) is 0 Å². The van der Waals surface area contributed by atoms with Crippen molar-refractivity contribution in [2.75, 3.05) is 41.0 Å². The maximum Gasteiger partial charge on any atom is 0.306 e. The highest BCUT2D eigenvalue weighted by atomic mass is 16.6. The molecule has 328 valence electrons. The molecule has 0 bridgehead atoms. The van der Waals surface area contributed by atoms with E-state index in [-0.39, 0.29) is 42.7 Å². The Labute approximate surface area is 349 Å². The average molecular weight is 800 g/mol. The number of hydrogen-bond donors (Lipinski definition) is 0. The van der Waals surface area contributed by atoms with E-state index in [4.69, 9.17) is 14.2 Å². The van der Waals surface area contributed by atoms with Crippen LogP contribution in [0.5, 0.6) is 0 Å². The first-order valence-electron chi connectivity index (χ1n) is 22.8. The average Bonchev–Trinajstić information content (AvgIpc) is 3.17. The van der Waals surface area contributed by atoms with Gasteiger partial charge in [0.05, 0.1) is 40.3 Å². The number of quaternary nitrogens is 1. The van der Waals surface area contributed by atoms with Gasteiger partial charge in [0.1, 0.15) is 12.6 Å². The first kappa shape index (κ1) is 54.0. The number of esters is 2. The third-order valence-electron chi connectivity index (χ3n) is 9.89. The lowest BCUT2D eigenvalue weighted by atomic mass is 10.1. The van der Waals surface area contributed by atoms with Crippen LogP contribution in [0.4, 0.5) is 0 Å². The molecule has 8 heteroatoms. The molecule has 0 aromatic rings. The van der Waals surface area contributed by atoms with Crippen LogP contribution in [0.25, 0.3) is 0 Å². The SMILES string of the molecule is CC/C=C/C/C=C/C/C=C/C/C=C/CCCCCCCCCCCC(=O)OC(COCCC(C(=O)[O-])[N+](C)(C)C)COC(=O)CCCCCCC/C=C/CCCC. The van der Waals surface area contributed by atoms with E-state index in [1.165, 1.54) is 64.2 Å². The highest BCUT2D eigenvalue weighted by Crippen LogP contribution is 2.14. The van der Waals surface area contributed by atoms with Gasteiger partial charge in [0.25, 0.3) is 0 Å². The van der Waals surface area contributed by atoms with Gasteiger partial charge < -0.3 is 28.6 Å². The minimum absolute atomic E-state index is 0.0340. The number of nitrogens with zero attached hydrogens (tertiary/aromatic N) is 1. The quantitative estimate of drug-likeness (QED) is 0.0263. The molecule has 0 heterocycles. The first-order valence-corrected chi connectivity index (χ1v) is 22.8. The molecule has 0 aliphatic rings. The minimum atomic E-state index is -1.13. The van der Waals surface area contributed by atoms with Crippen LogP contribution in [0.2, 0.25) is 0 Å². The molecular weight excluding hydrogens is 715 g/mol. The monoisotopic (exact) mass is 800 g/mol. The standard InChI is InChI=1S/C49H85NO7/c1-6-8-10-12-14-16-18-19-20-21-22-23-24-25-26-27-28-30-32-34-36-38-40-48(52)57-45(43-55-42-41-46(49(53)54)50(3,4)5)44-56-47(51)39-37-35-33-31-29-17-15-13-11-9-7-2/h8,10,13-16,19-20,22-23,45-46H,6-7,9,11-12,17-18,21,24-44H2,1-5H3/b10-8+,15-13+,16-14+,20-19+,23-22+. The van der Waals surface area contributed by atoms with Crippen LogP contribution in [0, 0.1) is 0 Å². The van der Waals surface area contributed by atoms with Crippen molar-refractivity contribution >= 4 is 17.9 Å². The number of unbranched alkanes of at least 4 members (excludes halogenated alkanes) is 16. The highest BCUT2D eigenvalue weighted by molar-refractivity contribution is 5.70. The van der Waals surface area contributed by atoms with Crippen LogP contribution in [-0.2, 0) is 28.6 Å². The van der Waals surface area contributed by atoms with Gasteiger partial charge in [0, 0.05) is 19.3 Å². The zero-order valence-corrected chi connectivity index (χ0v) is 37.2. The van der Waals surface area contributed by atoms with Crippen molar-refractivity contribution in [1.82, 2.24) is 0 Å². The highest BCUT2D eigenvalue weighted by Gasteiger charge is 2.25. The number of likely N-dealkylation sites (N-methyl/N-ethyl adjacent to an activating group) is 1. The van der Waals surface area contributed by atoms with Crippen molar-refractivity contribution in [2.24, 2.45) is 0 Å². The van der Waals surface area contributed by atoms with E-state index in [0.717, 1.165) is 83.5 Å². The Balaban J connectivity index is 4.28. The second-order valence-corrected chi connectivity index (χ2v) is 16.3. The summed E-state index contributed by atoms with van der Waals surface area (Å²) in [6.07, 6.45) is 48.2. The molecule has 2 unspecified atom stereocenters. The van der Waals surface area contributed by atoms with Crippen LogP contribution in [0.1, 0.15) is 181 Å². The van der Waals surface area contributed by atoms with E-state index < -0.39 is 18.1 Å². The summed E-state index contributed by atoms with van der Waals surface area (Å²) in [6, 6.07) is -0.729. The summed E-state index contributed by atoms with van der Waals surface area (Å²) in [4.78, 5) is 36.8. The smallest absolute Gasteiger partial charge is 0.306 e. The van der Waals surface area contributed by atoms with E-state index in [2.05, 4.69) is 74.6 Å². The Kier molecular flexibility index (Phi) is 37.8. The summed E-state index contributed by atoms with van der Waals surface area (Å²) in [7, 11) is 5.40. The first-order chi connectivity index (χ1) is 27.6. The molecule has 0 saturated heterocycles. The van der Waals surface area contributed by atoms with Gasteiger partial charge in [0.15, 0.2) is 6.10 Å². The molecule has 0 saturated carbocycles. The van der Waals surface area contributed by atoms with E-state index in [1.54, 1.807) is 21.1 Å². The van der Waals surface area contributed by atoms with Crippen molar-refractivity contribution in [1.29, 1.82) is 0 Å². The number of carbonyl (C=O) groups excluding carboxylic acids is 3. The maximum atomic E-state index is 12.7. The number of rotatable bonds is 40. The van der Waals surface area contributed by atoms with Crippen LogP contribution >= 0.6 is 0 Å². The third-order valence-corrected chi connectivity index (χ3v) is 9.89. The zero-order valence-electron chi connectivity index (χ0n) is 37.2. The van der Waals surface area contributed by atoms with Crippen molar-refractivity contribution in [3.63, 3.8) is 0 Å². The second-order valence-electron chi connectivity index (χ2n) is 16.3. The van der Waals surface area contributed by atoms with Crippen LogP contribution in [0.3, 0.4) is 0 Å². The van der Waals surface area contributed by atoms with Gasteiger partial charge in [-0.1, -0.05) is 152 Å². The Morgan fingerprint density at radius 1 is 0.544 bits per heavy atom. The molecule has 0 amide bonds. The normalized spacial score (nSPS) is 13.5. The van der Waals surface area contributed by atoms with Crippen molar-refractivity contribution in [3.05, 3.63) is 60.8 Å². The lowest BCUT2D eigenvalue weighted by molar-refractivity contribution is -0.889. The largest absolute Gasteiger partial charge is 0.544 e. The fraction of sp³-hybridized carbons (Fsp3) is 0.735. The van der Waals surface area contributed by atoms with Gasteiger partial charge in [-0.3, -0.25) is 9.59 Å². The third kappa shape index (κ3) is 38.3. The molecule has 0 aliphatic heterocycles. The molecule has 0 fully saturated rings. The summed E-state index contributed by atoms with van der Waals surface area (Å²) in [6.45, 7) is 4.49. The van der Waals surface area contributed by atoms with Crippen LogP contribution < -0.4 is 5.11 Å². The number of ether oxygens (including phenoxy) is 3. The molecule has 0 rings (SSSR count). The number of carboxylic acid groups (broad SMARTS) is 1. The van der Waals surface area contributed by atoms with E-state index in [1.807, 2.05) is 0 Å². The summed E-state index contributed by atoms with van der Waals surface area (Å²) in [5, 5.41) is 11.6. The predicted molar refractivity (Wildman–Crippen MR) is 236 cm³/mol. The van der Waals surface area contributed by atoms with E-state index in [0.29, 0.717) is 12.8 Å². The molecule has 0 aromatic carbocycles. The predicted octanol–water partition coefficient (Wildman–Crippen LogP) is 11.2. The van der Waals surface area contributed by atoms with E-state index >= 15 is 0 Å². The second kappa shape index (κ2) is 39.8. The van der Waals surface area contributed by atoms with E-state index in [9.17, 15) is 19.5 Å². The number of carboxylic acids is 1. The summed E-state index contributed by atoms with van der Waals surface area (Å²) < 4.78 is 17.1. The van der Waals surface area contributed by atoms with Crippen molar-refractivity contribution < 1.29 is 38.2 Å². The van der Waals surface area contributed by atoms with Gasteiger partial charge in [0.2, 0.25) is 0 Å². The fourth-order valence-corrected chi connectivity index (χ4v) is 6.34. The van der Waals surface area contributed by atoms with Crippen LogP contribution in [0.15, 0.2) is 60.8 Å². The molecule has 0 N–H and O–H groups in total. The topological polar surface area (TPSA) is 102 Å². The van der Waals surface area contributed by atoms with Crippen molar-refractivity contribution in [3.8, 4) is 0 Å². The fourth-order valence-electron chi connectivity index (χ4n) is 6.34. The molecular formula is C49H85NO7. The molecule has 0 spiro atoms. The lowest BCUT2D eigenvalue weighted by Gasteiger charge is -2.34. The van der Waals surface area contributed by atoms with Gasteiger partial charge in [-0.25, -0.2) is 0 Å². The lowest BCUT2D eigenvalue weighted by Crippen LogP contribution is -2.55. The molecule has 0 aliphatic carbocycles. The summed E-state index contributed by atoms with van der Waals surface area (Å²) >= 11 is 0. The van der Waals surface area contributed by atoms with Crippen LogP contribution in [-0.4, -0.2) is 75.5 Å².